The monoisotopic (exact) mass is 438 g/mol. The van der Waals surface area contributed by atoms with Crippen LogP contribution in [0.5, 0.6) is 5.88 Å². The van der Waals surface area contributed by atoms with Gasteiger partial charge in [0, 0.05) is 31.1 Å². The first kappa shape index (κ1) is 22.2. The van der Waals surface area contributed by atoms with E-state index in [0.717, 1.165) is 5.01 Å². The largest absolute Gasteiger partial charge is 0.468 e. The molecule has 164 valence electrons. The van der Waals surface area contributed by atoms with E-state index in [9.17, 15) is 27.2 Å². The SMILES string of the molecule is O=C(NCc1cccnc1OCC(F)(F)F)C1=NN(Cc2ccc(F)cc2)C(=O)CC1. The van der Waals surface area contributed by atoms with Crippen LogP contribution in [-0.2, 0) is 22.7 Å². The normalized spacial score (nSPS) is 14.3. The molecule has 1 aromatic heterocycles. The fourth-order valence-corrected chi connectivity index (χ4v) is 2.77. The van der Waals surface area contributed by atoms with Gasteiger partial charge in [-0.3, -0.25) is 9.59 Å². The van der Waals surface area contributed by atoms with Crippen molar-refractivity contribution in [2.75, 3.05) is 6.61 Å². The molecule has 0 saturated carbocycles. The number of pyridine rings is 1. The second-order valence-electron chi connectivity index (χ2n) is 6.68. The fourth-order valence-electron chi connectivity index (χ4n) is 2.77. The van der Waals surface area contributed by atoms with Crippen LogP contribution in [0.1, 0.15) is 24.0 Å². The van der Waals surface area contributed by atoms with Crippen molar-refractivity contribution >= 4 is 17.5 Å². The maximum atomic E-state index is 13.0. The van der Waals surface area contributed by atoms with E-state index in [-0.39, 0.29) is 49.0 Å². The van der Waals surface area contributed by atoms with Crippen LogP contribution >= 0.6 is 0 Å². The first-order chi connectivity index (χ1) is 14.7. The summed E-state index contributed by atoms with van der Waals surface area (Å²) in [6.07, 6.45) is -3.05. The number of rotatable bonds is 7. The van der Waals surface area contributed by atoms with Gasteiger partial charge in [-0.05, 0) is 23.8 Å². The highest BCUT2D eigenvalue weighted by Crippen LogP contribution is 2.20. The number of hydrogen-bond acceptors (Lipinski definition) is 5. The van der Waals surface area contributed by atoms with Crippen molar-refractivity contribution in [3.8, 4) is 5.88 Å². The molecule has 31 heavy (non-hydrogen) atoms. The van der Waals surface area contributed by atoms with Crippen LogP contribution in [0.15, 0.2) is 47.7 Å². The molecule has 1 aromatic carbocycles. The Morgan fingerprint density at radius 1 is 1.16 bits per heavy atom. The van der Waals surface area contributed by atoms with Gasteiger partial charge in [0.05, 0.1) is 6.54 Å². The van der Waals surface area contributed by atoms with Crippen molar-refractivity contribution in [1.29, 1.82) is 0 Å². The molecule has 2 aromatic rings. The van der Waals surface area contributed by atoms with Crippen LogP contribution in [0.25, 0.3) is 0 Å². The molecule has 2 amide bonds. The van der Waals surface area contributed by atoms with Crippen LogP contribution in [-0.4, -0.2) is 40.3 Å². The van der Waals surface area contributed by atoms with Gasteiger partial charge in [-0.15, -0.1) is 0 Å². The number of hydrazone groups is 1. The number of nitrogens with zero attached hydrogens (tertiary/aromatic N) is 3. The van der Waals surface area contributed by atoms with Crippen molar-refractivity contribution in [3.63, 3.8) is 0 Å². The lowest BCUT2D eigenvalue weighted by molar-refractivity contribution is -0.154. The maximum absolute atomic E-state index is 13.0. The third-order valence-electron chi connectivity index (χ3n) is 4.27. The van der Waals surface area contributed by atoms with E-state index >= 15 is 0 Å². The Bertz CT molecular complexity index is 977. The quantitative estimate of drug-likeness (QED) is 0.674. The number of hydrogen-bond donors (Lipinski definition) is 1. The number of ether oxygens (including phenoxy) is 1. The highest BCUT2D eigenvalue weighted by Gasteiger charge is 2.29. The van der Waals surface area contributed by atoms with Gasteiger partial charge in [0.1, 0.15) is 11.5 Å². The lowest BCUT2D eigenvalue weighted by Crippen LogP contribution is -2.38. The molecule has 0 atom stereocenters. The molecule has 7 nitrogen and oxygen atoms in total. The molecule has 0 saturated heterocycles. The predicted octanol–water partition coefficient (Wildman–Crippen LogP) is 2.96. The second-order valence-corrected chi connectivity index (χ2v) is 6.68. The lowest BCUT2D eigenvalue weighted by Gasteiger charge is -2.23. The van der Waals surface area contributed by atoms with Gasteiger partial charge in [-0.1, -0.05) is 18.2 Å². The number of benzene rings is 1. The van der Waals surface area contributed by atoms with E-state index in [1.165, 1.54) is 42.6 Å². The van der Waals surface area contributed by atoms with E-state index in [4.69, 9.17) is 0 Å². The topological polar surface area (TPSA) is 83.9 Å². The molecule has 0 aliphatic carbocycles. The standard InChI is InChI=1S/C20H18F4N4O3/c21-15-5-3-13(4-6-15)11-28-17(29)8-7-16(27-28)18(30)26-10-14-2-1-9-25-19(14)31-12-20(22,23)24/h1-6,9H,7-8,10-12H2,(H,26,30). The average Bonchev–Trinajstić information content (AvgIpc) is 2.73. The minimum Gasteiger partial charge on any atom is -0.468 e. The molecule has 1 aliphatic rings. The molecular formula is C20H18F4N4O3. The molecule has 0 spiro atoms. The van der Waals surface area contributed by atoms with Gasteiger partial charge in [0.2, 0.25) is 11.8 Å². The predicted molar refractivity (Wildman–Crippen MR) is 101 cm³/mol. The zero-order valence-corrected chi connectivity index (χ0v) is 16.2. The third-order valence-corrected chi connectivity index (χ3v) is 4.27. The minimum atomic E-state index is -4.52. The number of alkyl halides is 3. The minimum absolute atomic E-state index is 0.0697. The smallest absolute Gasteiger partial charge is 0.422 e. The summed E-state index contributed by atoms with van der Waals surface area (Å²) in [5.74, 6) is -1.50. The summed E-state index contributed by atoms with van der Waals surface area (Å²) >= 11 is 0. The molecule has 3 rings (SSSR count). The molecule has 0 unspecified atom stereocenters. The van der Waals surface area contributed by atoms with Crippen LogP contribution in [0.4, 0.5) is 17.6 Å². The fraction of sp³-hybridized carbons (Fsp3) is 0.300. The number of amides is 2. The van der Waals surface area contributed by atoms with E-state index < -0.39 is 24.5 Å². The average molecular weight is 438 g/mol. The summed E-state index contributed by atoms with van der Waals surface area (Å²) in [7, 11) is 0. The Balaban J connectivity index is 1.63. The van der Waals surface area contributed by atoms with Crippen LogP contribution in [0, 0.1) is 5.82 Å². The summed E-state index contributed by atoms with van der Waals surface area (Å²) in [5.41, 5.74) is 1.00. The Kier molecular flexibility index (Phi) is 6.83. The first-order valence-electron chi connectivity index (χ1n) is 9.25. The Hall–Kier alpha value is -3.50. The number of nitrogens with one attached hydrogen (secondary N) is 1. The molecule has 1 aliphatic heterocycles. The summed E-state index contributed by atoms with van der Waals surface area (Å²) < 4.78 is 54.9. The number of carbonyl (C=O) groups is 2. The van der Waals surface area contributed by atoms with Crippen molar-refractivity contribution in [2.24, 2.45) is 5.10 Å². The van der Waals surface area contributed by atoms with Gasteiger partial charge in [-0.25, -0.2) is 14.4 Å². The van der Waals surface area contributed by atoms with Gasteiger partial charge < -0.3 is 10.1 Å². The third kappa shape index (κ3) is 6.49. The Labute approximate surface area is 174 Å². The van der Waals surface area contributed by atoms with Gasteiger partial charge in [0.15, 0.2) is 6.61 Å². The maximum Gasteiger partial charge on any atom is 0.422 e. The molecular weight excluding hydrogens is 420 g/mol. The molecule has 2 heterocycles. The summed E-state index contributed by atoms with van der Waals surface area (Å²) in [6, 6.07) is 8.52. The summed E-state index contributed by atoms with van der Waals surface area (Å²) in [6.45, 7) is -1.56. The first-order valence-corrected chi connectivity index (χ1v) is 9.25. The number of aromatic nitrogens is 1. The molecule has 0 bridgehead atoms. The summed E-state index contributed by atoms with van der Waals surface area (Å²) in [5, 5.41) is 7.77. The van der Waals surface area contributed by atoms with Crippen molar-refractivity contribution in [2.45, 2.75) is 32.1 Å². The lowest BCUT2D eigenvalue weighted by atomic mass is 10.1. The van der Waals surface area contributed by atoms with Gasteiger partial charge in [0.25, 0.3) is 5.91 Å². The van der Waals surface area contributed by atoms with Gasteiger partial charge in [-0.2, -0.15) is 18.3 Å². The molecule has 11 heteroatoms. The van der Waals surface area contributed by atoms with E-state index in [0.29, 0.717) is 5.56 Å². The zero-order valence-electron chi connectivity index (χ0n) is 16.2. The zero-order chi connectivity index (χ0) is 22.4. The van der Waals surface area contributed by atoms with Crippen molar-refractivity contribution in [1.82, 2.24) is 15.3 Å². The number of halogens is 4. The highest BCUT2D eigenvalue weighted by atomic mass is 19.4. The highest BCUT2D eigenvalue weighted by molar-refractivity contribution is 6.39. The van der Waals surface area contributed by atoms with E-state index in [2.05, 4.69) is 20.1 Å². The van der Waals surface area contributed by atoms with E-state index in [1.54, 1.807) is 0 Å². The molecule has 0 fully saturated rings. The Morgan fingerprint density at radius 3 is 2.61 bits per heavy atom. The van der Waals surface area contributed by atoms with Crippen LogP contribution in [0.2, 0.25) is 0 Å². The van der Waals surface area contributed by atoms with Crippen molar-refractivity contribution in [3.05, 3.63) is 59.5 Å². The Morgan fingerprint density at radius 2 is 1.90 bits per heavy atom. The molecule has 0 radical (unpaired) electrons. The number of carbonyl (C=O) groups excluding carboxylic acids is 2. The summed E-state index contributed by atoms with van der Waals surface area (Å²) in [4.78, 5) is 28.3. The van der Waals surface area contributed by atoms with E-state index in [1.807, 2.05) is 0 Å². The van der Waals surface area contributed by atoms with Crippen molar-refractivity contribution < 1.29 is 31.9 Å². The molecule has 1 N–H and O–H groups in total. The van der Waals surface area contributed by atoms with Crippen LogP contribution in [0.3, 0.4) is 0 Å². The van der Waals surface area contributed by atoms with Gasteiger partial charge >= 0.3 is 6.18 Å². The second kappa shape index (κ2) is 9.54. The van der Waals surface area contributed by atoms with Crippen LogP contribution < -0.4 is 10.1 Å².